The van der Waals surface area contributed by atoms with Crippen molar-refractivity contribution < 1.29 is 18.3 Å². The molecule has 126 valence electrons. The molecule has 0 fully saturated rings. The third-order valence-corrected chi connectivity index (χ3v) is 3.80. The van der Waals surface area contributed by atoms with Crippen LogP contribution in [0.3, 0.4) is 0 Å². The summed E-state index contributed by atoms with van der Waals surface area (Å²) in [6.45, 7) is -0.784. The van der Waals surface area contributed by atoms with Crippen LogP contribution in [0, 0.1) is 0 Å². The molecule has 8 heteroatoms. The molecular formula is C16H16F2N4O2. The second-order valence-electron chi connectivity index (χ2n) is 5.51. The van der Waals surface area contributed by atoms with Gasteiger partial charge in [0.2, 0.25) is 5.82 Å². The quantitative estimate of drug-likeness (QED) is 0.901. The summed E-state index contributed by atoms with van der Waals surface area (Å²) in [6.07, 6.45) is 2.43. The van der Waals surface area contributed by atoms with Gasteiger partial charge in [0.15, 0.2) is 0 Å². The fraction of sp³-hybridized carbons (Fsp3) is 0.312. The highest BCUT2D eigenvalue weighted by molar-refractivity contribution is 5.88. The molecule has 0 atom stereocenters. The Kier molecular flexibility index (Phi) is 4.66. The van der Waals surface area contributed by atoms with E-state index in [1.54, 1.807) is 18.3 Å². The number of halogens is 2. The zero-order valence-corrected chi connectivity index (χ0v) is 12.8. The number of carbonyl (C=O) groups excluding carboxylic acids is 1. The number of fused-ring (bicyclic) bond motifs is 1. The molecule has 0 spiro atoms. The molecule has 1 amide bonds. The van der Waals surface area contributed by atoms with Crippen molar-refractivity contribution in [3.8, 4) is 5.75 Å². The third kappa shape index (κ3) is 3.83. The van der Waals surface area contributed by atoms with Crippen molar-refractivity contribution in [1.29, 1.82) is 0 Å². The maximum Gasteiger partial charge on any atom is 0.387 e. The van der Waals surface area contributed by atoms with Gasteiger partial charge in [0.1, 0.15) is 5.75 Å². The first-order valence-electron chi connectivity index (χ1n) is 7.42. The van der Waals surface area contributed by atoms with Gasteiger partial charge in [-0.1, -0.05) is 12.1 Å². The number of rotatable bonds is 5. The molecule has 6 nitrogen and oxygen atoms in total. The van der Waals surface area contributed by atoms with Crippen LogP contribution in [-0.2, 0) is 19.5 Å². The van der Waals surface area contributed by atoms with Crippen LogP contribution in [0.4, 0.5) is 8.78 Å². The van der Waals surface area contributed by atoms with E-state index in [0.29, 0.717) is 13.1 Å². The molecule has 0 radical (unpaired) electrons. The van der Waals surface area contributed by atoms with Crippen LogP contribution in [0.1, 0.15) is 27.4 Å². The van der Waals surface area contributed by atoms with E-state index in [4.69, 9.17) is 5.73 Å². The first kappa shape index (κ1) is 16.3. The number of amides is 1. The molecule has 1 aliphatic rings. The second-order valence-corrected chi connectivity index (χ2v) is 5.51. The largest absolute Gasteiger partial charge is 0.435 e. The summed E-state index contributed by atoms with van der Waals surface area (Å²) >= 11 is 0. The van der Waals surface area contributed by atoms with Crippen molar-refractivity contribution in [3.05, 3.63) is 53.1 Å². The van der Waals surface area contributed by atoms with E-state index in [0.717, 1.165) is 29.8 Å². The molecule has 2 heterocycles. The molecular weight excluding hydrogens is 318 g/mol. The smallest absolute Gasteiger partial charge is 0.387 e. The SMILES string of the molecule is NC(=O)c1ncc2c(n1)CN(Cc1ccc(OC(F)F)cc1)CC2. The van der Waals surface area contributed by atoms with Gasteiger partial charge in [0.25, 0.3) is 5.91 Å². The highest BCUT2D eigenvalue weighted by Crippen LogP contribution is 2.20. The predicted octanol–water partition coefficient (Wildman–Crippen LogP) is 1.74. The first-order valence-corrected chi connectivity index (χ1v) is 7.42. The number of nitrogens with two attached hydrogens (primary N) is 1. The second kappa shape index (κ2) is 6.88. The maximum atomic E-state index is 12.1. The van der Waals surface area contributed by atoms with Gasteiger partial charge in [0, 0.05) is 25.8 Å². The lowest BCUT2D eigenvalue weighted by molar-refractivity contribution is -0.0498. The van der Waals surface area contributed by atoms with E-state index in [9.17, 15) is 13.6 Å². The topological polar surface area (TPSA) is 81.3 Å². The van der Waals surface area contributed by atoms with Crippen LogP contribution >= 0.6 is 0 Å². The molecule has 0 bridgehead atoms. The van der Waals surface area contributed by atoms with E-state index in [1.807, 2.05) is 0 Å². The van der Waals surface area contributed by atoms with Gasteiger partial charge in [-0.25, -0.2) is 9.97 Å². The van der Waals surface area contributed by atoms with Crippen LogP contribution in [-0.4, -0.2) is 33.9 Å². The number of alkyl halides is 2. The number of ether oxygens (including phenoxy) is 1. The van der Waals surface area contributed by atoms with Gasteiger partial charge in [-0.05, 0) is 29.7 Å². The highest BCUT2D eigenvalue weighted by atomic mass is 19.3. The van der Waals surface area contributed by atoms with Gasteiger partial charge in [0.05, 0.1) is 5.69 Å². The lowest BCUT2D eigenvalue weighted by atomic mass is 10.1. The van der Waals surface area contributed by atoms with Gasteiger partial charge in [-0.3, -0.25) is 9.69 Å². The zero-order valence-electron chi connectivity index (χ0n) is 12.8. The third-order valence-electron chi connectivity index (χ3n) is 3.80. The number of carbonyl (C=O) groups is 1. The van der Waals surface area contributed by atoms with E-state index >= 15 is 0 Å². The Morgan fingerprint density at radius 2 is 2.08 bits per heavy atom. The summed E-state index contributed by atoms with van der Waals surface area (Å²) in [7, 11) is 0. The molecule has 1 aromatic heterocycles. The number of nitrogens with zero attached hydrogens (tertiary/aromatic N) is 3. The van der Waals surface area contributed by atoms with Crippen molar-refractivity contribution in [2.75, 3.05) is 6.54 Å². The fourth-order valence-electron chi connectivity index (χ4n) is 2.65. The minimum atomic E-state index is -2.83. The van der Waals surface area contributed by atoms with Gasteiger partial charge < -0.3 is 10.5 Å². The molecule has 0 aliphatic carbocycles. The number of benzene rings is 1. The lowest BCUT2D eigenvalue weighted by Crippen LogP contribution is -2.32. The average Bonchev–Trinajstić information content (AvgIpc) is 2.55. The minimum Gasteiger partial charge on any atom is -0.435 e. The molecule has 0 saturated carbocycles. The summed E-state index contributed by atoms with van der Waals surface area (Å²) < 4.78 is 28.6. The molecule has 0 saturated heterocycles. The van der Waals surface area contributed by atoms with Crippen LogP contribution in [0.5, 0.6) is 5.75 Å². The van der Waals surface area contributed by atoms with Crippen molar-refractivity contribution in [2.24, 2.45) is 5.73 Å². The van der Waals surface area contributed by atoms with E-state index in [2.05, 4.69) is 19.6 Å². The number of aromatic nitrogens is 2. The maximum absolute atomic E-state index is 12.1. The normalized spacial score (nSPS) is 14.5. The number of primary amides is 1. The number of hydrogen-bond donors (Lipinski definition) is 1. The Bertz CT molecular complexity index is 737. The number of hydrogen-bond acceptors (Lipinski definition) is 5. The molecule has 1 aliphatic heterocycles. The Morgan fingerprint density at radius 3 is 2.75 bits per heavy atom. The molecule has 2 N–H and O–H groups in total. The van der Waals surface area contributed by atoms with Crippen molar-refractivity contribution in [1.82, 2.24) is 14.9 Å². The lowest BCUT2D eigenvalue weighted by Gasteiger charge is -2.27. The zero-order chi connectivity index (χ0) is 17.1. The van der Waals surface area contributed by atoms with Crippen molar-refractivity contribution in [3.63, 3.8) is 0 Å². The van der Waals surface area contributed by atoms with Gasteiger partial charge in [-0.2, -0.15) is 8.78 Å². The van der Waals surface area contributed by atoms with Crippen molar-refractivity contribution in [2.45, 2.75) is 26.1 Å². The Hall–Kier alpha value is -2.61. The summed E-state index contributed by atoms with van der Waals surface area (Å²) in [5, 5.41) is 0. The van der Waals surface area contributed by atoms with Crippen LogP contribution in [0.25, 0.3) is 0 Å². The van der Waals surface area contributed by atoms with Crippen molar-refractivity contribution >= 4 is 5.91 Å². The first-order chi connectivity index (χ1) is 11.5. The Morgan fingerprint density at radius 1 is 1.33 bits per heavy atom. The monoisotopic (exact) mass is 334 g/mol. The van der Waals surface area contributed by atoms with E-state index in [1.165, 1.54) is 12.1 Å². The van der Waals surface area contributed by atoms with E-state index in [-0.39, 0.29) is 11.6 Å². The van der Waals surface area contributed by atoms with Gasteiger partial charge in [-0.15, -0.1) is 0 Å². The Labute approximate surface area is 137 Å². The highest BCUT2D eigenvalue weighted by Gasteiger charge is 2.19. The van der Waals surface area contributed by atoms with Crippen LogP contribution in [0.15, 0.2) is 30.5 Å². The minimum absolute atomic E-state index is 0.0177. The van der Waals surface area contributed by atoms with Crippen LogP contribution < -0.4 is 10.5 Å². The summed E-state index contributed by atoms with van der Waals surface area (Å²) in [6, 6.07) is 6.55. The molecule has 24 heavy (non-hydrogen) atoms. The predicted molar refractivity (Wildman–Crippen MR) is 81.4 cm³/mol. The molecule has 0 unspecified atom stereocenters. The molecule has 3 rings (SSSR count). The summed E-state index contributed by atoms with van der Waals surface area (Å²) in [5.41, 5.74) is 7.99. The van der Waals surface area contributed by atoms with Gasteiger partial charge >= 0.3 is 6.61 Å². The summed E-state index contributed by atoms with van der Waals surface area (Å²) in [4.78, 5) is 21.5. The standard InChI is InChI=1S/C16H16F2N4O2/c17-16(18)24-12-3-1-10(2-4-12)8-22-6-5-11-7-20-15(14(19)23)21-13(11)9-22/h1-4,7,16H,5-6,8-9H2,(H2,19,23). The van der Waals surface area contributed by atoms with E-state index < -0.39 is 12.5 Å². The summed E-state index contributed by atoms with van der Waals surface area (Å²) in [5.74, 6) is -0.495. The Balaban J connectivity index is 1.67. The fourth-order valence-corrected chi connectivity index (χ4v) is 2.65. The molecule has 2 aromatic rings. The molecule has 1 aromatic carbocycles. The average molecular weight is 334 g/mol. The van der Waals surface area contributed by atoms with Crippen LogP contribution in [0.2, 0.25) is 0 Å².